The van der Waals surface area contributed by atoms with Gasteiger partial charge < -0.3 is 93.9 Å². The molecule has 0 bridgehead atoms. The summed E-state index contributed by atoms with van der Waals surface area (Å²) in [4.78, 5) is 149. The molecule has 2 fully saturated rings. The lowest BCUT2D eigenvalue weighted by Crippen LogP contribution is -2.52. The van der Waals surface area contributed by atoms with Gasteiger partial charge in [0, 0.05) is 54.6 Å². The normalized spacial score (nSPS) is 18.1. The third kappa shape index (κ3) is 24.2. The van der Waals surface area contributed by atoms with Gasteiger partial charge >= 0.3 is 5.97 Å². The van der Waals surface area contributed by atoms with Crippen molar-refractivity contribution >= 4 is 70.0 Å². The van der Waals surface area contributed by atoms with E-state index in [1.165, 1.54) is 23.1 Å². The lowest BCUT2D eigenvalue weighted by atomic mass is 9.81. The number of carbonyl (C=O) groups excluding carboxylic acids is 10. The fourth-order valence-corrected chi connectivity index (χ4v) is 13.9. The van der Waals surface area contributed by atoms with Crippen LogP contribution in [-0.2, 0) is 126 Å². The highest BCUT2D eigenvalue weighted by Crippen LogP contribution is 2.46. The largest absolute Gasteiger partial charge is 0.460 e. The van der Waals surface area contributed by atoms with Crippen LogP contribution in [0.15, 0.2) is 59.4 Å². The van der Waals surface area contributed by atoms with Gasteiger partial charge in [-0.15, -0.1) is 0 Å². The molecule has 32 nitrogen and oxygen atoms in total. The number of nitrogens with zero attached hydrogens (tertiary/aromatic N) is 3. The molecule has 2 aromatic carbocycles. The molecule has 3 aliphatic carbocycles. The van der Waals surface area contributed by atoms with E-state index in [0.717, 1.165) is 36.8 Å². The number of nitrogens with one attached hydrogen (secondary N) is 7. The van der Waals surface area contributed by atoms with Gasteiger partial charge in [0.25, 0.3) is 17.4 Å². The van der Waals surface area contributed by atoms with E-state index >= 15 is 4.39 Å². The Hall–Kier alpha value is -9.03. The molecule has 7 N–H and O–H groups in total. The topological polar surface area (TPSA) is 395 Å². The number of pyridine rings is 2. The van der Waals surface area contributed by atoms with Crippen molar-refractivity contribution in [3.8, 4) is 11.4 Å². The molecule has 4 aromatic rings. The van der Waals surface area contributed by atoms with Gasteiger partial charge in [-0.1, -0.05) is 37.3 Å². The Balaban J connectivity index is 0.511. The summed E-state index contributed by atoms with van der Waals surface area (Å²) in [5.41, 5.74) is 5.43. The van der Waals surface area contributed by atoms with Crippen molar-refractivity contribution in [3.05, 3.63) is 110 Å². The molecule has 10 rings (SSSR count). The van der Waals surface area contributed by atoms with E-state index < -0.39 is 91.0 Å². The quantitative estimate of drug-likeness (QED) is 0.0125. The Morgan fingerprint density at radius 3 is 1.80 bits per heavy atom. The number of halogens is 1. The molecule has 3 aliphatic heterocycles. The smallest absolute Gasteiger partial charge is 0.313 e. The zero-order valence-electron chi connectivity index (χ0n) is 62.4. The number of amides is 9. The molecule has 2 saturated carbocycles. The van der Waals surface area contributed by atoms with E-state index in [9.17, 15) is 52.7 Å². The Labute approximate surface area is 636 Å². The van der Waals surface area contributed by atoms with E-state index in [1.54, 1.807) is 41.8 Å². The van der Waals surface area contributed by atoms with Crippen molar-refractivity contribution in [2.75, 3.05) is 158 Å². The monoisotopic (exact) mass is 1540 g/mol. The van der Waals surface area contributed by atoms with Crippen LogP contribution in [0.4, 0.5) is 4.39 Å². The maximum atomic E-state index is 15.6. The molecule has 33 heteroatoms. The number of benzene rings is 2. The first-order chi connectivity index (χ1) is 53.5. The van der Waals surface area contributed by atoms with Gasteiger partial charge in [0.15, 0.2) is 0 Å². The minimum Gasteiger partial charge on any atom is -0.460 e. The van der Waals surface area contributed by atoms with Crippen LogP contribution < -0.4 is 42.8 Å². The predicted molar refractivity (Wildman–Crippen MR) is 391 cm³/mol. The summed E-state index contributed by atoms with van der Waals surface area (Å²) in [7, 11) is 0. The summed E-state index contributed by atoms with van der Waals surface area (Å²) in [6.45, 7) is 8.14. The van der Waals surface area contributed by atoms with Gasteiger partial charge in [-0.25, -0.2) is 9.37 Å². The highest BCUT2D eigenvalue weighted by atomic mass is 19.1. The highest BCUT2D eigenvalue weighted by molar-refractivity contribution is 6.13. The van der Waals surface area contributed by atoms with Crippen LogP contribution in [0.25, 0.3) is 22.3 Å². The number of hydrogen-bond donors (Lipinski definition) is 7. The van der Waals surface area contributed by atoms with Crippen LogP contribution in [0.1, 0.15) is 109 Å². The Morgan fingerprint density at radius 1 is 0.618 bits per heavy atom. The summed E-state index contributed by atoms with van der Waals surface area (Å²) in [6, 6.07) is 10.3. The van der Waals surface area contributed by atoms with Crippen LogP contribution in [0.2, 0.25) is 0 Å². The molecule has 110 heavy (non-hydrogen) atoms. The van der Waals surface area contributed by atoms with E-state index in [4.69, 9.17) is 57.1 Å². The molecule has 6 aliphatic rings. The minimum absolute atomic E-state index is 0.00720. The lowest BCUT2D eigenvalue weighted by Gasteiger charge is -2.31. The second kappa shape index (κ2) is 43.0. The van der Waals surface area contributed by atoms with Gasteiger partial charge in [0.2, 0.25) is 41.4 Å². The molecule has 2 aromatic heterocycles. The number of fused-ring (bicyclic) bond motifs is 5. The summed E-state index contributed by atoms with van der Waals surface area (Å²) >= 11 is 0. The van der Waals surface area contributed by atoms with Crippen LogP contribution in [0, 0.1) is 30.5 Å². The summed E-state index contributed by atoms with van der Waals surface area (Å²) in [5, 5.41) is 19.4. The van der Waals surface area contributed by atoms with E-state index in [-0.39, 0.29) is 93.8 Å². The third-order valence-electron chi connectivity index (χ3n) is 19.9. The average Bonchev–Trinajstić information content (AvgIpc) is 1.50. The number of aromatic nitrogens is 2. The van der Waals surface area contributed by atoms with Crippen molar-refractivity contribution in [2.24, 2.45) is 17.8 Å². The van der Waals surface area contributed by atoms with Crippen LogP contribution in [0.5, 0.6) is 0 Å². The maximum absolute atomic E-state index is 15.6. The molecule has 0 radical (unpaired) electrons. The molecule has 0 saturated heterocycles. The number of ether oxygens (including phenoxy) is 11. The molecule has 0 unspecified atom stereocenters. The summed E-state index contributed by atoms with van der Waals surface area (Å²) in [5.74, 6) is -5.73. The first kappa shape index (κ1) is 83.4. The van der Waals surface area contributed by atoms with Crippen molar-refractivity contribution in [2.45, 2.75) is 115 Å². The SMILES string of the molecule is CC[C@H]1C(=O)OCc2c1cc1n(c2=O)Cc2c-1nc1cc(F)c(C)c3c1c2[C@@H](NC(=O)[C@@H](OCNC(=O)CNC(=O)[C@H](Cc1ccccc1)NC(=O)CNC(=O)CNC(=O)COCCOCCOCCOCCOCCOCCOCCOCCOCCNC(=O)C1CCC(CN2C(=O)C=CC2=O)CC1)C1CC1)CC3. The molecular weight excluding hydrogens is 1440 g/mol. The molecule has 5 heterocycles. The van der Waals surface area contributed by atoms with Gasteiger partial charge in [0.1, 0.15) is 37.9 Å². The predicted octanol–water partition coefficient (Wildman–Crippen LogP) is 1.47. The van der Waals surface area contributed by atoms with E-state index in [2.05, 4.69) is 37.2 Å². The van der Waals surface area contributed by atoms with E-state index in [0.29, 0.717) is 188 Å². The summed E-state index contributed by atoms with van der Waals surface area (Å²) < 4.78 is 78.1. The molecule has 0 spiro atoms. The van der Waals surface area contributed by atoms with Gasteiger partial charge in [-0.3, -0.25) is 57.6 Å². The van der Waals surface area contributed by atoms with Crippen molar-refractivity contribution in [3.63, 3.8) is 0 Å². The molecular formula is C77H101FN10O22. The number of aryl methyl sites for hydroxylation is 1. The first-order valence-corrected chi connectivity index (χ1v) is 37.9. The Kier molecular flexibility index (Phi) is 32.6. The second-order valence-corrected chi connectivity index (χ2v) is 27.6. The Bertz CT molecular complexity index is 3940. The summed E-state index contributed by atoms with van der Waals surface area (Å²) in [6.07, 6.45) is 7.40. The van der Waals surface area contributed by atoms with Crippen LogP contribution >= 0.6 is 0 Å². The fraction of sp³-hybridized carbons (Fsp3) is 0.584. The van der Waals surface area contributed by atoms with Gasteiger partial charge in [0.05, 0.1) is 173 Å². The number of cyclic esters (lactones) is 1. The molecule has 598 valence electrons. The minimum atomic E-state index is -1.17. The fourth-order valence-electron chi connectivity index (χ4n) is 13.9. The zero-order chi connectivity index (χ0) is 77.7. The second-order valence-electron chi connectivity index (χ2n) is 27.6. The van der Waals surface area contributed by atoms with Gasteiger partial charge in [-0.05, 0) is 110 Å². The number of hydrogen-bond acceptors (Lipinski definition) is 23. The van der Waals surface area contributed by atoms with Crippen molar-refractivity contribution < 1.29 is 104 Å². The Morgan fingerprint density at radius 2 is 1.19 bits per heavy atom. The zero-order valence-corrected chi connectivity index (χ0v) is 62.4. The average molecular weight is 1540 g/mol. The van der Waals surface area contributed by atoms with Crippen LogP contribution in [0.3, 0.4) is 0 Å². The number of rotatable bonds is 49. The first-order valence-electron chi connectivity index (χ1n) is 37.9. The van der Waals surface area contributed by atoms with Crippen molar-refractivity contribution in [1.82, 2.24) is 51.7 Å². The molecule has 9 amide bonds. The highest BCUT2D eigenvalue weighted by Gasteiger charge is 2.42. The number of esters is 1. The van der Waals surface area contributed by atoms with Crippen LogP contribution in [-0.4, -0.2) is 244 Å². The maximum Gasteiger partial charge on any atom is 0.313 e. The third-order valence-corrected chi connectivity index (χ3v) is 19.9. The standard InChI is InChI=1S/C77H101FN10O22/c1-3-53-55-38-62-71-56(44-87(62)76(98)57(55)45-109-77(53)99)70-59(16-15-54-48(2)58(78)39-60(85-71)69(54)70)86-75(97)72(51-13-14-51)110-47-83-64(90)41-82-74(96)61(37-49-7-5-4-6-8-49)84-65(91)42-80-63(89)40-81-66(92)46-108-36-35-107-34-33-106-32-31-105-30-29-104-28-27-103-26-25-102-24-23-101-22-21-100-20-19-79-73(95)52-11-9-50(10-12-52)43-88-67(93)17-18-68(88)94/h4-8,17-18,38-39,50-53,59,61,72H,3,9-16,19-37,40-47H2,1-2H3,(H,79,95)(H,80,89)(H,81,92)(H,82,96)(H,83,90)(H,84,91)(H,86,97)/t50?,52?,53-,59+,61+,72+/m1/s1. The lowest BCUT2D eigenvalue weighted by molar-refractivity contribution is -0.148. The van der Waals surface area contributed by atoms with E-state index in [1.807, 2.05) is 13.0 Å². The van der Waals surface area contributed by atoms with Crippen molar-refractivity contribution in [1.29, 1.82) is 0 Å². The number of carbonyl (C=O) groups is 10. The molecule has 4 atom stereocenters. The van der Waals surface area contributed by atoms with Gasteiger partial charge in [-0.2, -0.15) is 0 Å². The number of imide groups is 1.